The number of hydrogen-bond donors (Lipinski definition) is 1. The number of aromatic nitrogens is 1. The van der Waals surface area contributed by atoms with Gasteiger partial charge in [-0.1, -0.05) is 12.1 Å². The van der Waals surface area contributed by atoms with Crippen LogP contribution >= 0.6 is 0 Å². The molecule has 2 aromatic rings. The van der Waals surface area contributed by atoms with E-state index in [-0.39, 0.29) is 11.8 Å². The van der Waals surface area contributed by atoms with Gasteiger partial charge in [0.1, 0.15) is 5.75 Å². The maximum absolute atomic E-state index is 12.6. The van der Waals surface area contributed by atoms with Gasteiger partial charge in [-0.3, -0.25) is 9.69 Å². The minimum Gasteiger partial charge on any atom is -0.497 e. The number of nitrogens with one attached hydrogen (secondary N) is 1. The maximum atomic E-state index is 12.6. The van der Waals surface area contributed by atoms with Gasteiger partial charge in [0.2, 0.25) is 11.8 Å². The van der Waals surface area contributed by atoms with Crippen LogP contribution in [0.25, 0.3) is 0 Å². The SMILES string of the molecule is COc1cccc(C(C)N2CCC(C(=O)NCc3ccnc(OC)c3)CC2)c1. The molecule has 150 valence electrons. The summed E-state index contributed by atoms with van der Waals surface area (Å²) < 4.78 is 10.5. The number of piperidine rings is 1. The molecule has 0 spiro atoms. The molecule has 1 unspecified atom stereocenters. The first-order chi connectivity index (χ1) is 13.6. The molecule has 3 rings (SSSR count). The van der Waals surface area contributed by atoms with E-state index in [0.29, 0.717) is 18.5 Å². The van der Waals surface area contributed by atoms with Crippen LogP contribution in [-0.2, 0) is 11.3 Å². The van der Waals surface area contributed by atoms with Crippen molar-refractivity contribution < 1.29 is 14.3 Å². The Hall–Kier alpha value is -2.60. The summed E-state index contributed by atoms with van der Waals surface area (Å²) in [7, 11) is 3.28. The van der Waals surface area contributed by atoms with E-state index < -0.39 is 0 Å². The van der Waals surface area contributed by atoms with Crippen LogP contribution in [0, 0.1) is 5.92 Å². The molecule has 0 bridgehead atoms. The first-order valence-corrected chi connectivity index (χ1v) is 9.75. The van der Waals surface area contributed by atoms with Gasteiger partial charge in [0, 0.05) is 30.8 Å². The Balaban J connectivity index is 1.49. The molecule has 6 heteroatoms. The normalized spacial score (nSPS) is 16.4. The quantitative estimate of drug-likeness (QED) is 0.796. The van der Waals surface area contributed by atoms with Crippen LogP contribution in [-0.4, -0.2) is 43.1 Å². The summed E-state index contributed by atoms with van der Waals surface area (Å²) in [6.45, 7) is 4.54. The number of pyridine rings is 1. The topological polar surface area (TPSA) is 63.7 Å². The third-order valence-electron chi connectivity index (χ3n) is 5.50. The van der Waals surface area contributed by atoms with Crippen molar-refractivity contribution in [3.63, 3.8) is 0 Å². The summed E-state index contributed by atoms with van der Waals surface area (Å²) in [5.41, 5.74) is 2.23. The molecular weight excluding hydrogens is 354 g/mol. The second kappa shape index (κ2) is 9.55. The number of benzene rings is 1. The Morgan fingerprint density at radius 3 is 2.71 bits per heavy atom. The fraction of sp³-hybridized carbons (Fsp3) is 0.455. The van der Waals surface area contributed by atoms with Gasteiger partial charge < -0.3 is 14.8 Å². The van der Waals surface area contributed by atoms with E-state index in [9.17, 15) is 4.79 Å². The van der Waals surface area contributed by atoms with Crippen LogP contribution in [0.2, 0.25) is 0 Å². The van der Waals surface area contributed by atoms with Gasteiger partial charge in [-0.25, -0.2) is 4.98 Å². The molecule has 1 aliphatic heterocycles. The number of likely N-dealkylation sites (tertiary alicyclic amines) is 1. The second-order valence-electron chi connectivity index (χ2n) is 7.19. The van der Waals surface area contributed by atoms with Gasteiger partial charge in [0.15, 0.2) is 0 Å². The maximum Gasteiger partial charge on any atom is 0.223 e. The zero-order valence-electron chi connectivity index (χ0n) is 16.9. The summed E-state index contributed by atoms with van der Waals surface area (Å²) in [4.78, 5) is 19.1. The Kier molecular flexibility index (Phi) is 6.87. The number of rotatable bonds is 7. The molecule has 1 fully saturated rings. The monoisotopic (exact) mass is 383 g/mol. The molecule has 1 aromatic heterocycles. The minimum absolute atomic E-state index is 0.0671. The second-order valence-corrected chi connectivity index (χ2v) is 7.19. The molecule has 0 radical (unpaired) electrons. The minimum atomic E-state index is 0.0671. The number of ether oxygens (including phenoxy) is 2. The number of hydrogen-bond acceptors (Lipinski definition) is 5. The third-order valence-corrected chi connectivity index (χ3v) is 5.50. The number of methoxy groups -OCH3 is 2. The van der Waals surface area contributed by atoms with Crippen LogP contribution < -0.4 is 14.8 Å². The Morgan fingerprint density at radius 2 is 2.00 bits per heavy atom. The van der Waals surface area contributed by atoms with E-state index >= 15 is 0 Å². The molecule has 6 nitrogen and oxygen atoms in total. The summed E-state index contributed by atoms with van der Waals surface area (Å²) in [6.07, 6.45) is 3.44. The molecule has 1 atom stereocenters. The van der Waals surface area contributed by atoms with Crippen LogP contribution in [0.4, 0.5) is 0 Å². The fourth-order valence-electron chi connectivity index (χ4n) is 3.67. The van der Waals surface area contributed by atoms with Gasteiger partial charge in [0.25, 0.3) is 0 Å². The average molecular weight is 383 g/mol. The van der Waals surface area contributed by atoms with Gasteiger partial charge in [-0.15, -0.1) is 0 Å². The molecule has 1 saturated heterocycles. The predicted molar refractivity (Wildman–Crippen MR) is 108 cm³/mol. The highest BCUT2D eigenvalue weighted by Gasteiger charge is 2.27. The highest BCUT2D eigenvalue weighted by atomic mass is 16.5. The van der Waals surface area contributed by atoms with Crippen molar-refractivity contribution in [1.29, 1.82) is 0 Å². The summed E-state index contributed by atoms with van der Waals surface area (Å²) in [6, 6.07) is 12.3. The van der Waals surface area contributed by atoms with Gasteiger partial charge in [-0.2, -0.15) is 0 Å². The molecule has 1 aliphatic rings. The number of carbonyl (C=O) groups is 1. The van der Waals surface area contributed by atoms with Crippen LogP contribution in [0.1, 0.15) is 36.9 Å². The van der Waals surface area contributed by atoms with Gasteiger partial charge in [0.05, 0.1) is 14.2 Å². The third kappa shape index (κ3) is 5.01. The van der Waals surface area contributed by atoms with E-state index in [1.54, 1.807) is 20.4 Å². The average Bonchev–Trinajstić information content (AvgIpc) is 2.77. The molecule has 2 heterocycles. The van der Waals surface area contributed by atoms with Crippen molar-refractivity contribution in [2.45, 2.75) is 32.4 Å². The fourth-order valence-corrected chi connectivity index (χ4v) is 3.67. The molecule has 0 aliphatic carbocycles. The first-order valence-electron chi connectivity index (χ1n) is 9.75. The van der Waals surface area contributed by atoms with E-state index in [0.717, 1.165) is 37.2 Å². The van der Waals surface area contributed by atoms with Crippen molar-refractivity contribution in [3.05, 3.63) is 53.7 Å². The van der Waals surface area contributed by atoms with Crippen LogP contribution in [0.15, 0.2) is 42.6 Å². The van der Waals surface area contributed by atoms with Crippen LogP contribution in [0.3, 0.4) is 0 Å². The molecule has 1 amide bonds. The van der Waals surface area contributed by atoms with Crippen molar-refractivity contribution in [1.82, 2.24) is 15.2 Å². The molecule has 28 heavy (non-hydrogen) atoms. The summed E-state index contributed by atoms with van der Waals surface area (Å²) in [5.74, 6) is 1.64. The number of carbonyl (C=O) groups excluding carboxylic acids is 1. The Labute approximate surface area is 166 Å². The van der Waals surface area contributed by atoms with Crippen molar-refractivity contribution in [2.24, 2.45) is 5.92 Å². The highest BCUT2D eigenvalue weighted by molar-refractivity contribution is 5.78. The van der Waals surface area contributed by atoms with Gasteiger partial charge >= 0.3 is 0 Å². The van der Waals surface area contributed by atoms with Crippen LogP contribution in [0.5, 0.6) is 11.6 Å². The largest absolute Gasteiger partial charge is 0.497 e. The lowest BCUT2D eigenvalue weighted by Crippen LogP contribution is -2.41. The highest BCUT2D eigenvalue weighted by Crippen LogP contribution is 2.28. The zero-order valence-corrected chi connectivity index (χ0v) is 16.9. The number of nitrogens with zero attached hydrogens (tertiary/aromatic N) is 2. The number of amides is 1. The van der Waals surface area contributed by atoms with Crippen molar-refractivity contribution >= 4 is 5.91 Å². The van der Waals surface area contributed by atoms with E-state index in [1.807, 2.05) is 24.3 Å². The standard InChI is InChI=1S/C22H29N3O3/c1-16(19-5-4-6-20(14-19)27-2)25-11-8-18(9-12-25)22(26)24-15-17-7-10-23-21(13-17)28-3/h4-7,10,13-14,16,18H,8-9,11-12,15H2,1-3H3,(H,24,26). The lowest BCUT2D eigenvalue weighted by molar-refractivity contribution is -0.126. The molecule has 1 aromatic carbocycles. The lowest BCUT2D eigenvalue weighted by atomic mass is 9.93. The van der Waals surface area contributed by atoms with Crippen molar-refractivity contribution in [3.8, 4) is 11.6 Å². The molecule has 1 N–H and O–H groups in total. The summed E-state index contributed by atoms with van der Waals surface area (Å²) in [5, 5.41) is 3.05. The molecule has 0 saturated carbocycles. The predicted octanol–water partition coefficient (Wildman–Crippen LogP) is 3.19. The van der Waals surface area contributed by atoms with E-state index in [2.05, 4.69) is 34.3 Å². The van der Waals surface area contributed by atoms with Crippen molar-refractivity contribution in [2.75, 3.05) is 27.3 Å². The lowest BCUT2D eigenvalue weighted by Gasteiger charge is -2.35. The smallest absolute Gasteiger partial charge is 0.223 e. The molecular formula is C22H29N3O3. The summed E-state index contributed by atoms with van der Waals surface area (Å²) >= 11 is 0. The van der Waals surface area contributed by atoms with E-state index in [1.165, 1.54) is 5.56 Å². The Morgan fingerprint density at radius 1 is 1.21 bits per heavy atom. The van der Waals surface area contributed by atoms with Gasteiger partial charge in [-0.05, 0) is 62.2 Å². The van der Waals surface area contributed by atoms with E-state index in [4.69, 9.17) is 9.47 Å². The Bertz CT molecular complexity index is 788. The zero-order chi connectivity index (χ0) is 19.9. The first kappa shape index (κ1) is 20.1.